The summed E-state index contributed by atoms with van der Waals surface area (Å²) in [6.45, 7) is 1.86. The van der Waals surface area contributed by atoms with Gasteiger partial charge in [0.2, 0.25) is 4.96 Å². The number of carbonyl (C=O) groups excluding carboxylic acids is 1. The van der Waals surface area contributed by atoms with Gasteiger partial charge in [-0.15, -0.1) is 0 Å². The maximum absolute atomic E-state index is 12.2. The number of nitrogens with zero attached hydrogens (tertiary/aromatic N) is 3. The average Bonchev–Trinajstić information content (AvgIpc) is 3.03. The number of hydrogen-bond donors (Lipinski definition) is 0. The number of hydrogen-bond acceptors (Lipinski definition) is 7. The molecule has 0 radical (unpaired) electrons. The summed E-state index contributed by atoms with van der Waals surface area (Å²) in [6.07, 6.45) is 0.728. The van der Waals surface area contributed by atoms with E-state index in [2.05, 4.69) is 10.1 Å². The molecule has 2 heterocycles. The lowest BCUT2D eigenvalue weighted by Crippen LogP contribution is -2.16. The molecule has 0 atom stereocenters. The van der Waals surface area contributed by atoms with E-state index < -0.39 is 5.97 Å². The first-order valence-electron chi connectivity index (χ1n) is 7.31. The van der Waals surface area contributed by atoms with Crippen LogP contribution in [0.4, 0.5) is 0 Å². The SMILES string of the molecule is CCc1nn2c(=O)cc(COC(=O)c3ccccc3OC)nc2s1. The van der Waals surface area contributed by atoms with Crippen LogP contribution in [0.15, 0.2) is 35.1 Å². The predicted molar refractivity (Wildman–Crippen MR) is 88.6 cm³/mol. The summed E-state index contributed by atoms with van der Waals surface area (Å²) < 4.78 is 11.6. The number of aromatic nitrogens is 3. The Bertz CT molecular complexity index is 948. The molecule has 0 spiro atoms. The van der Waals surface area contributed by atoms with Gasteiger partial charge in [-0.3, -0.25) is 4.79 Å². The Morgan fingerprint density at radius 2 is 2.12 bits per heavy atom. The summed E-state index contributed by atoms with van der Waals surface area (Å²) in [5.41, 5.74) is 0.415. The predicted octanol–water partition coefficient (Wildman–Crippen LogP) is 2.08. The van der Waals surface area contributed by atoms with Crippen LogP contribution >= 0.6 is 11.3 Å². The van der Waals surface area contributed by atoms with Gasteiger partial charge in [0.05, 0.1) is 12.8 Å². The molecule has 3 rings (SSSR count). The van der Waals surface area contributed by atoms with Crippen LogP contribution in [-0.2, 0) is 17.8 Å². The molecule has 0 saturated carbocycles. The van der Waals surface area contributed by atoms with Crippen molar-refractivity contribution < 1.29 is 14.3 Å². The van der Waals surface area contributed by atoms with Crippen LogP contribution in [0.1, 0.15) is 28.0 Å². The number of methoxy groups -OCH3 is 1. The minimum Gasteiger partial charge on any atom is -0.496 e. The van der Waals surface area contributed by atoms with Gasteiger partial charge in [-0.05, 0) is 18.6 Å². The second-order valence-electron chi connectivity index (χ2n) is 4.91. The van der Waals surface area contributed by atoms with Gasteiger partial charge in [0.15, 0.2) is 0 Å². The van der Waals surface area contributed by atoms with Gasteiger partial charge in [0, 0.05) is 6.07 Å². The Kier molecular flexibility index (Phi) is 4.57. The third-order valence-corrected chi connectivity index (χ3v) is 4.37. The highest BCUT2D eigenvalue weighted by Crippen LogP contribution is 2.19. The van der Waals surface area contributed by atoms with E-state index in [0.717, 1.165) is 11.4 Å². The molecule has 0 amide bonds. The Balaban J connectivity index is 1.80. The van der Waals surface area contributed by atoms with Crippen LogP contribution < -0.4 is 10.3 Å². The zero-order valence-corrected chi connectivity index (χ0v) is 14.0. The van der Waals surface area contributed by atoms with Crippen molar-refractivity contribution in [3.05, 3.63) is 57.0 Å². The molecular formula is C16H15N3O4S. The minimum absolute atomic E-state index is 0.0953. The fourth-order valence-corrected chi connectivity index (χ4v) is 3.00. The van der Waals surface area contributed by atoms with Crippen LogP contribution in [0, 0.1) is 0 Å². The second-order valence-corrected chi connectivity index (χ2v) is 5.95. The largest absolute Gasteiger partial charge is 0.496 e. The third kappa shape index (κ3) is 3.13. The van der Waals surface area contributed by atoms with Gasteiger partial charge < -0.3 is 9.47 Å². The van der Waals surface area contributed by atoms with Crippen molar-refractivity contribution in [3.8, 4) is 5.75 Å². The second kappa shape index (κ2) is 6.79. The zero-order valence-electron chi connectivity index (χ0n) is 13.2. The summed E-state index contributed by atoms with van der Waals surface area (Å²) in [5.74, 6) is -0.103. The number of carbonyl (C=O) groups is 1. The highest BCUT2D eigenvalue weighted by Gasteiger charge is 2.14. The first-order valence-corrected chi connectivity index (χ1v) is 8.13. The Labute approximate surface area is 141 Å². The molecule has 0 unspecified atom stereocenters. The number of ether oxygens (including phenoxy) is 2. The van der Waals surface area contributed by atoms with Crippen LogP contribution in [0.2, 0.25) is 0 Å². The van der Waals surface area contributed by atoms with Crippen molar-refractivity contribution in [2.45, 2.75) is 20.0 Å². The van der Waals surface area contributed by atoms with Crippen molar-refractivity contribution in [3.63, 3.8) is 0 Å². The van der Waals surface area contributed by atoms with Crippen LogP contribution in [0.3, 0.4) is 0 Å². The fraction of sp³-hybridized carbons (Fsp3) is 0.250. The Morgan fingerprint density at radius 1 is 1.33 bits per heavy atom. The first kappa shape index (κ1) is 16.1. The van der Waals surface area contributed by atoms with E-state index in [4.69, 9.17) is 9.47 Å². The molecule has 24 heavy (non-hydrogen) atoms. The van der Waals surface area contributed by atoms with Gasteiger partial charge in [0.1, 0.15) is 22.9 Å². The van der Waals surface area contributed by atoms with E-state index >= 15 is 0 Å². The average molecular weight is 345 g/mol. The molecule has 7 nitrogen and oxygen atoms in total. The molecule has 0 fully saturated rings. The molecule has 124 valence electrons. The highest BCUT2D eigenvalue weighted by atomic mass is 32.1. The molecule has 1 aromatic carbocycles. The van der Waals surface area contributed by atoms with Gasteiger partial charge in [-0.25, -0.2) is 9.78 Å². The number of esters is 1. The molecule has 8 heteroatoms. The number of benzene rings is 1. The van der Waals surface area contributed by atoms with E-state index in [1.807, 2.05) is 6.92 Å². The van der Waals surface area contributed by atoms with E-state index in [1.165, 1.54) is 29.0 Å². The van der Waals surface area contributed by atoms with E-state index in [-0.39, 0.29) is 12.2 Å². The molecule has 0 aliphatic rings. The van der Waals surface area contributed by atoms with Gasteiger partial charge >= 0.3 is 5.97 Å². The van der Waals surface area contributed by atoms with Crippen molar-refractivity contribution in [1.29, 1.82) is 0 Å². The standard InChI is InChI=1S/C16H15N3O4S/c1-3-13-18-19-14(20)8-10(17-16(19)24-13)9-23-15(21)11-6-4-5-7-12(11)22-2/h4-8H,3,9H2,1-2H3. The van der Waals surface area contributed by atoms with E-state index in [0.29, 0.717) is 22.0 Å². The number of rotatable bonds is 5. The van der Waals surface area contributed by atoms with Crippen molar-refractivity contribution >= 4 is 22.3 Å². The molecule has 3 aromatic rings. The lowest BCUT2D eigenvalue weighted by atomic mass is 10.2. The summed E-state index contributed by atoms with van der Waals surface area (Å²) in [4.78, 5) is 29.0. The van der Waals surface area contributed by atoms with Gasteiger partial charge in [-0.2, -0.15) is 9.61 Å². The zero-order chi connectivity index (χ0) is 17.1. The van der Waals surface area contributed by atoms with E-state index in [9.17, 15) is 9.59 Å². The Morgan fingerprint density at radius 3 is 2.88 bits per heavy atom. The summed E-state index contributed by atoms with van der Waals surface area (Å²) in [6, 6.07) is 8.10. The molecule has 2 aromatic heterocycles. The van der Waals surface area contributed by atoms with E-state index in [1.54, 1.807) is 24.3 Å². The fourth-order valence-electron chi connectivity index (χ4n) is 2.14. The summed E-state index contributed by atoms with van der Waals surface area (Å²) in [5, 5.41) is 5.00. The molecule has 0 saturated heterocycles. The smallest absolute Gasteiger partial charge is 0.342 e. The third-order valence-electron chi connectivity index (χ3n) is 3.32. The van der Waals surface area contributed by atoms with Crippen molar-refractivity contribution in [2.24, 2.45) is 0 Å². The lowest BCUT2D eigenvalue weighted by molar-refractivity contribution is 0.0464. The molecule has 0 N–H and O–H groups in total. The van der Waals surface area contributed by atoms with Crippen molar-refractivity contribution in [1.82, 2.24) is 14.6 Å². The number of aryl methyl sites for hydroxylation is 1. The molecule has 0 aliphatic carbocycles. The maximum atomic E-state index is 12.2. The number of para-hydroxylation sites is 1. The first-order chi connectivity index (χ1) is 11.6. The normalized spacial score (nSPS) is 10.8. The lowest BCUT2D eigenvalue weighted by Gasteiger charge is -2.08. The van der Waals surface area contributed by atoms with Gasteiger partial charge in [-0.1, -0.05) is 30.4 Å². The topological polar surface area (TPSA) is 82.8 Å². The molecule has 0 bridgehead atoms. The number of fused-ring (bicyclic) bond motifs is 1. The van der Waals surface area contributed by atoms with Crippen molar-refractivity contribution in [2.75, 3.05) is 7.11 Å². The van der Waals surface area contributed by atoms with Crippen LogP contribution in [0.5, 0.6) is 5.75 Å². The van der Waals surface area contributed by atoms with Crippen LogP contribution in [0.25, 0.3) is 4.96 Å². The maximum Gasteiger partial charge on any atom is 0.342 e. The quantitative estimate of drug-likeness (QED) is 0.659. The minimum atomic E-state index is -0.534. The Hall–Kier alpha value is -2.74. The summed E-state index contributed by atoms with van der Waals surface area (Å²) in [7, 11) is 1.48. The molecule has 0 aliphatic heterocycles. The van der Waals surface area contributed by atoms with Gasteiger partial charge in [0.25, 0.3) is 5.56 Å². The van der Waals surface area contributed by atoms with Crippen LogP contribution in [-0.4, -0.2) is 27.7 Å². The highest BCUT2D eigenvalue weighted by molar-refractivity contribution is 7.16. The summed E-state index contributed by atoms with van der Waals surface area (Å²) >= 11 is 1.34. The monoisotopic (exact) mass is 345 g/mol. The molecular weight excluding hydrogens is 330 g/mol.